The van der Waals surface area contributed by atoms with Crippen LogP contribution in [0.25, 0.3) is 6.08 Å². The number of nitro benzene ring substituents is 1. The molecule has 0 spiro atoms. The maximum Gasteiger partial charge on any atom is 0.573 e. The monoisotopic (exact) mass is 499 g/mol. The molecule has 1 aliphatic heterocycles. The molecular formula is C21H20F3N3O6S. The highest BCUT2D eigenvalue weighted by Gasteiger charge is 2.33. The Morgan fingerprint density at radius 2 is 1.76 bits per heavy atom. The van der Waals surface area contributed by atoms with Crippen molar-refractivity contribution < 1.29 is 36.0 Å². The van der Waals surface area contributed by atoms with E-state index in [-0.39, 0.29) is 42.3 Å². The molecule has 1 aliphatic rings. The van der Waals surface area contributed by atoms with Crippen molar-refractivity contribution in [3.63, 3.8) is 0 Å². The SMILES string of the molecule is Cc1ccc([N+](=O)[O-])cc1S(=O)(=O)N1CCN(C(=O)/C=C/c2ccccc2OC(F)(F)F)CC1. The van der Waals surface area contributed by atoms with Crippen LogP contribution in [0.5, 0.6) is 5.75 Å². The van der Waals surface area contributed by atoms with Gasteiger partial charge in [0.25, 0.3) is 5.69 Å². The lowest BCUT2D eigenvalue weighted by molar-refractivity contribution is -0.385. The van der Waals surface area contributed by atoms with Gasteiger partial charge in [-0.15, -0.1) is 13.2 Å². The molecule has 0 saturated carbocycles. The molecule has 182 valence electrons. The number of para-hydroxylation sites is 1. The normalized spacial score (nSPS) is 15.5. The van der Waals surface area contributed by atoms with E-state index in [1.165, 1.54) is 48.2 Å². The Morgan fingerprint density at radius 3 is 2.38 bits per heavy atom. The third kappa shape index (κ3) is 5.91. The van der Waals surface area contributed by atoms with Crippen LogP contribution in [-0.2, 0) is 14.8 Å². The lowest BCUT2D eigenvalue weighted by Gasteiger charge is -2.33. The molecule has 9 nitrogen and oxygen atoms in total. The zero-order valence-corrected chi connectivity index (χ0v) is 18.7. The molecule has 0 atom stereocenters. The molecule has 0 bridgehead atoms. The van der Waals surface area contributed by atoms with E-state index in [0.29, 0.717) is 5.56 Å². The average Bonchev–Trinajstić information content (AvgIpc) is 2.77. The van der Waals surface area contributed by atoms with Gasteiger partial charge in [0.15, 0.2) is 0 Å². The minimum absolute atomic E-state index is 0.0388. The van der Waals surface area contributed by atoms with Crippen LogP contribution in [0, 0.1) is 17.0 Å². The van der Waals surface area contributed by atoms with Crippen molar-refractivity contribution in [3.05, 3.63) is 69.8 Å². The predicted molar refractivity (Wildman–Crippen MR) is 115 cm³/mol. The Labute approximate surface area is 193 Å². The Morgan fingerprint density at radius 1 is 1.12 bits per heavy atom. The molecule has 13 heteroatoms. The molecule has 0 N–H and O–H groups in total. The van der Waals surface area contributed by atoms with Gasteiger partial charge in [-0.1, -0.05) is 24.3 Å². The van der Waals surface area contributed by atoms with Gasteiger partial charge in [0.2, 0.25) is 15.9 Å². The molecule has 3 rings (SSSR count). The summed E-state index contributed by atoms with van der Waals surface area (Å²) >= 11 is 0. The molecule has 34 heavy (non-hydrogen) atoms. The number of rotatable bonds is 6. The maximum atomic E-state index is 13.0. The number of carbonyl (C=O) groups is 1. The largest absolute Gasteiger partial charge is 0.573 e. The first-order chi connectivity index (χ1) is 15.9. The van der Waals surface area contributed by atoms with E-state index >= 15 is 0 Å². The van der Waals surface area contributed by atoms with Gasteiger partial charge in [-0.2, -0.15) is 4.31 Å². The van der Waals surface area contributed by atoms with E-state index in [1.807, 2.05) is 0 Å². The topological polar surface area (TPSA) is 110 Å². The van der Waals surface area contributed by atoms with Crippen LogP contribution >= 0.6 is 0 Å². The summed E-state index contributed by atoms with van der Waals surface area (Å²) in [6.45, 7) is 1.52. The van der Waals surface area contributed by atoms with Crippen molar-refractivity contribution >= 4 is 27.7 Å². The second-order valence-electron chi connectivity index (χ2n) is 7.36. The summed E-state index contributed by atoms with van der Waals surface area (Å²) in [7, 11) is -4.03. The van der Waals surface area contributed by atoms with Crippen molar-refractivity contribution in [2.24, 2.45) is 0 Å². The van der Waals surface area contributed by atoms with Crippen LogP contribution in [0.1, 0.15) is 11.1 Å². The minimum Gasteiger partial charge on any atom is -0.405 e. The van der Waals surface area contributed by atoms with Gasteiger partial charge in [0, 0.05) is 50.0 Å². The van der Waals surface area contributed by atoms with E-state index < -0.39 is 33.0 Å². The van der Waals surface area contributed by atoms with Crippen LogP contribution in [-0.4, -0.2) is 61.0 Å². The van der Waals surface area contributed by atoms with Crippen molar-refractivity contribution in [2.75, 3.05) is 26.2 Å². The highest BCUT2D eigenvalue weighted by Crippen LogP contribution is 2.28. The molecule has 2 aromatic rings. The molecule has 0 unspecified atom stereocenters. The molecule has 0 aliphatic carbocycles. The number of ether oxygens (including phenoxy) is 1. The second kappa shape index (κ2) is 9.81. The molecule has 1 fully saturated rings. The van der Waals surface area contributed by atoms with Crippen LogP contribution < -0.4 is 4.74 Å². The zero-order valence-electron chi connectivity index (χ0n) is 17.9. The Bertz CT molecular complexity index is 1220. The summed E-state index contributed by atoms with van der Waals surface area (Å²) in [5, 5.41) is 11.0. The Kier molecular flexibility index (Phi) is 7.26. The predicted octanol–water partition coefficient (Wildman–Crippen LogP) is 3.35. The summed E-state index contributed by atoms with van der Waals surface area (Å²) in [4.78, 5) is 24.0. The Balaban J connectivity index is 1.68. The molecule has 2 aromatic carbocycles. The minimum atomic E-state index is -4.88. The van der Waals surface area contributed by atoms with Gasteiger partial charge in [-0.25, -0.2) is 8.42 Å². The van der Waals surface area contributed by atoms with Crippen molar-refractivity contribution in [1.82, 2.24) is 9.21 Å². The number of benzene rings is 2. The lowest BCUT2D eigenvalue weighted by atomic mass is 10.2. The van der Waals surface area contributed by atoms with Gasteiger partial charge >= 0.3 is 6.36 Å². The van der Waals surface area contributed by atoms with Crippen molar-refractivity contribution in [1.29, 1.82) is 0 Å². The fourth-order valence-corrected chi connectivity index (χ4v) is 5.04. The van der Waals surface area contributed by atoms with Crippen LogP contribution in [0.2, 0.25) is 0 Å². The number of alkyl halides is 3. The summed E-state index contributed by atoms with van der Waals surface area (Å²) < 4.78 is 68.7. The van der Waals surface area contributed by atoms with Crippen molar-refractivity contribution in [2.45, 2.75) is 18.2 Å². The molecule has 1 heterocycles. The number of hydrogen-bond acceptors (Lipinski definition) is 6. The molecule has 0 aromatic heterocycles. The maximum absolute atomic E-state index is 13.0. The van der Waals surface area contributed by atoms with Crippen LogP contribution in [0.15, 0.2) is 53.4 Å². The van der Waals surface area contributed by atoms with E-state index in [2.05, 4.69) is 4.74 Å². The summed E-state index contributed by atoms with van der Waals surface area (Å²) in [6, 6.07) is 8.92. The first-order valence-electron chi connectivity index (χ1n) is 9.95. The first kappa shape index (κ1) is 25.2. The smallest absolute Gasteiger partial charge is 0.405 e. The zero-order chi connectivity index (χ0) is 25.1. The standard InChI is InChI=1S/C21H20F3N3O6S/c1-15-6-8-17(27(29)30)14-19(15)34(31,32)26-12-10-25(11-13-26)20(28)9-7-16-4-2-3-5-18(16)33-21(22,23)24/h2-9,14H,10-13H2,1H3/b9-7+. The lowest BCUT2D eigenvalue weighted by Crippen LogP contribution is -2.50. The number of aryl methyl sites for hydroxylation is 1. The first-order valence-corrected chi connectivity index (χ1v) is 11.4. The number of sulfonamides is 1. The fourth-order valence-electron chi connectivity index (χ4n) is 3.37. The molecule has 1 saturated heterocycles. The number of non-ortho nitro benzene ring substituents is 1. The van der Waals surface area contributed by atoms with Crippen LogP contribution in [0.3, 0.4) is 0 Å². The van der Waals surface area contributed by atoms with Crippen molar-refractivity contribution in [3.8, 4) is 5.75 Å². The summed E-state index contributed by atoms with van der Waals surface area (Å²) in [6.07, 6.45) is -2.60. The van der Waals surface area contributed by atoms with E-state index in [0.717, 1.165) is 22.5 Å². The number of amides is 1. The Hall–Kier alpha value is -3.45. The molecule has 0 radical (unpaired) electrons. The van der Waals surface area contributed by atoms with E-state index in [1.54, 1.807) is 0 Å². The number of halogens is 3. The van der Waals surface area contributed by atoms with Crippen LogP contribution in [0.4, 0.5) is 18.9 Å². The highest BCUT2D eigenvalue weighted by molar-refractivity contribution is 7.89. The van der Waals surface area contributed by atoms with Gasteiger partial charge < -0.3 is 9.64 Å². The number of nitrogens with zero attached hydrogens (tertiary/aromatic N) is 3. The van der Waals surface area contributed by atoms with E-state index in [9.17, 15) is 36.5 Å². The average molecular weight is 499 g/mol. The third-order valence-corrected chi connectivity index (χ3v) is 7.14. The van der Waals surface area contributed by atoms with Gasteiger partial charge in [0.05, 0.1) is 9.82 Å². The number of nitro groups is 1. The number of carbonyl (C=O) groups excluding carboxylic acids is 1. The summed E-state index contributed by atoms with van der Waals surface area (Å²) in [5.74, 6) is -0.965. The van der Waals surface area contributed by atoms with Gasteiger partial charge in [0.1, 0.15) is 5.75 Å². The number of hydrogen-bond donors (Lipinski definition) is 0. The summed E-state index contributed by atoms with van der Waals surface area (Å²) in [5.41, 5.74) is 0.0558. The third-order valence-electron chi connectivity index (χ3n) is 5.10. The second-order valence-corrected chi connectivity index (χ2v) is 9.26. The molecular weight excluding hydrogens is 479 g/mol. The fraction of sp³-hybridized carbons (Fsp3) is 0.286. The highest BCUT2D eigenvalue weighted by atomic mass is 32.2. The van der Waals surface area contributed by atoms with Gasteiger partial charge in [-0.3, -0.25) is 14.9 Å². The quantitative estimate of drug-likeness (QED) is 0.343. The van der Waals surface area contributed by atoms with E-state index in [4.69, 9.17) is 0 Å². The molecule has 1 amide bonds. The number of piperazine rings is 1. The van der Waals surface area contributed by atoms with Gasteiger partial charge in [-0.05, 0) is 24.6 Å².